The Labute approximate surface area is 383 Å². The molecule has 3 aromatic heterocycles. The summed E-state index contributed by atoms with van der Waals surface area (Å²) >= 11 is 1.82. The molecule has 0 fully saturated rings. The first-order chi connectivity index (χ1) is 32.6. The average Bonchev–Trinajstić information content (AvgIpc) is 4.04. The molecule has 0 bridgehead atoms. The predicted octanol–water partition coefficient (Wildman–Crippen LogP) is 17.0. The van der Waals surface area contributed by atoms with Crippen LogP contribution in [0.15, 0.2) is 214 Å². The molecule has 1 aliphatic rings. The highest BCUT2D eigenvalue weighted by atomic mass is 32.1. The van der Waals surface area contributed by atoms with Gasteiger partial charge in [0.05, 0.1) is 28.1 Å². The summed E-state index contributed by atoms with van der Waals surface area (Å²) in [5.41, 5.74) is 11.4. The number of allylic oxidation sites excluding steroid dienone is 1. The van der Waals surface area contributed by atoms with E-state index >= 15 is 0 Å². The Morgan fingerprint density at radius 1 is 0.455 bits per heavy atom. The molecule has 0 saturated heterocycles. The number of nitrogens with zero attached hydrogens (tertiary/aromatic N) is 3. The van der Waals surface area contributed by atoms with Crippen LogP contribution < -0.4 is 0 Å². The smallest absolute Gasteiger partial charge is 0.160 e. The summed E-state index contributed by atoms with van der Waals surface area (Å²) in [6.07, 6.45) is 1.52. The molecule has 4 heterocycles. The van der Waals surface area contributed by atoms with Gasteiger partial charge in [0.25, 0.3) is 0 Å². The van der Waals surface area contributed by atoms with Gasteiger partial charge in [0.15, 0.2) is 11.4 Å². The summed E-state index contributed by atoms with van der Waals surface area (Å²) in [4.78, 5) is 11.5. The molecule has 0 aliphatic carbocycles. The molecule has 0 atom stereocenters. The molecule has 0 amide bonds. The van der Waals surface area contributed by atoms with Gasteiger partial charge in [-0.3, -0.25) is 0 Å². The molecule has 0 unspecified atom stereocenters. The van der Waals surface area contributed by atoms with Gasteiger partial charge in [0, 0.05) is 58.2 Å². The number of aliphatic imine (C=N–C) groups is 2. The summed E-state index contributed by atoms with van der Waals surface area (Å²) in [6.45, 7) is 2.26. The van der Waals surface area contributed by atoms with E-state index in [0.29, 0.717) is 5.84 Å². The Morgan fingerprint density at radius 2 is 1.12 bits per heavy atom. The molecule has 14 rings (SSSR count). The van der Waals surface area contributed by atoms with Gasteiger partial charge in [-0.2, -0.15) is 0 Å². The third-order valence-electron chi connectivity index (χ3n) is 13.8. The van der Waals surface area contributed by atoms with Gasteiger partial charge in [-0.05, 0) is 106 Å². The number of amidine groups is 1. The molecule has 0 N–H and O–H groups in total. The Balaban J connectivity index is 1.08. The van der Waals surface area contributed by atoms with Gasteiger partial charge in [-0.25, -0.2) is 9.98 Å². The number of benzene rings is 10. The maximum Gasteiger partial charge on any atom is 0.160 e. The summed E-state index contributed by atoms with van der Waals surface area (Å²) in [5, 5.41) is 14.0. The number of para-hydroxylation sites is 1. The third kappa shape index (κ3) is 5.63. The summed E-state index contributed by atoms with van der Waals surface area (Å²) in [7, 11) is 0. The Morgan fingerprint density at radius 3 is 1.98 bits per heavy atom. The highest BCUT2D eigenvalue weighted by molar-refractivity contribution is 7.25. The van der Waals surface area contributed by atoms with Crippen LogP contribution in [0.25, 0.3) is 108 Å². The van der Waals surface area contributed by atoms with E-state index in [1.54, 1.807) is 0 Å². The second-order valence-corrected chi connectivity index (χ2v) is 18.7. The number of aromatic nitrogens is 1. The summed E-state index contributed by atoms with van der Waals surface area (Å²) < 4.78 is 12.1. The van der Waals surface area contributed by atoms with Crippen LogP contribution in [0.3, 0.4) is 0 Å². The third-order valence-corrected chi connectivity index (χ3v) is 15.0. The molecule has 0 radical (unpaired) electrons. The lowest BCUT2D eigenvalue weighted by molar-refractivity contribution is 0.670. The van der Waals surface area contributed by atoms with E-state index in [0.717, 1.165) is 90.4 Å². The summed E-state index contributed by atoms with van der Waals surface area (Å²) in [5.74, 6) is 0.717. The van der Waals surface area contributed by atoms with E-state index in [-0.39, 0.29) is 0 Å². The fourth-order valence-corrected chi connectivity index (χ4v) is 11.8. The zero-order valence-electron chi connectivity index (χ0n) is 36.0. The highest BCUT2D eigenvalue weighted by Crippen LogP contribution is 2.43. The van der Waals surface area contributed by atoms with Crippen molar-refractivity contribution in [3.05, 3.63) is 216 Å². The van der Waals surface area contributed by atoms with Gasteiger partial charge < -0.3 is 8.98 Å². The van der Waals surface area contributed by atoms with Crippen LogP contribution in [0, 0.1) is 0 Å². The zero-order valence-corrected chi connectivity index (χ0v) is 36.9. The second kappa shape index (κ2) is 14.4. The lowest BCUT2D eigenvalue weighted by atomic mass is 9.94. The number of hydrogen-bond donors (Lipinski definition) is 0. The minimum Gasteiger partial charge on any atom is -0.453 e. The van der Waals surface area contributed by atoms with E-state index in [2.05, 4.69) is 206 Å². The monoisotopic (exact) mass is 861 g/mol. The lowest BCUT2D eigenvalue weighted by Crippen LogP contribution is -2.11. The van der Waals surface area contributed by atoms with Crippen molar-refractivity contribution in [3.8, 4) is 5.69 Å². The van der Waals surface area contributed by atoms with Crippen LogP contribution in [-0.4, -0.2) is 16.1 Å². The van der Waals surface area contributed by atoms with E-state index in [4.69, 9.17) is 14.4 Å². The fourth-order valence-electron chi connectivity index (χ4n) is 10.7. The molecule has 0 saturated carbocycles. The van der Waals surface area contributed by atoms with Crippen LogP contribution >= 0.6 is 11.3 Å². The first kappa shape index (κ1) is 37.3. The first-order valence-corrected chi connectivity index (χ1v) is 23.5. The van der Waals surface area contributed by atoms with Crippen molar-refractivity contribution in [3.63, 3.8) is 0 Å². The standard InChI is InChI=1S/C61H39N3OS/c1-36-28-31-51(62-61(63-58(36)45-23-12-18-37-14-4-6-19-42(37)45)48-24-13-27-56-57(48)47-22-9-11-26-55(47)66-56)41-33-50-46-30-29-38-15-5-7-20-43(38)59(46)65-60(50)54(35-41)64-52-25-10-8-21-44(52)49-32-39-16-2-3-17-40(39)34-53(49)64/h2-27,29-30,32-35H,28,31H2,1H3/b58-36+,62-51+,63-61-. The largest absolute Gasteiger partial charge is 0.453 e. The molecular weight excluding hydrogens is 823 g/mol. The number of fused-ring (bicyclic) bond motifs is 13. The molecular formula is C61H39N3OS. The normalized spacial score (nSPS) is 16.5. The van der Waals surface area contributed by atoms with E-state index in [1.807, 2.05) is 11.3 Å². The van der Waals surface area contributed by atoms with Crippen molar-refractivity contribution in [1.29, 1.82) is 0 Å². The van der Waals surface area contributed by atoms with Crippen molar-refractivity contribution < 1.29 is 4.42 Å². The van der Waals surface area contributed by atoms with E-state index in [1.165, 1.54) is 58.1 Å². The van der Waals surface area contributed by atoms with Gasteiger partial charge in [-0.15, -0.1) is 11.3 Å². The Kier molecular flexibility index (Phi) is 8.16. The van der Waals surface area contributed by atoms with Crippen LogP contribution in [0.1, 0.15) is 36.5 Å². The van der Waals surface area contributed by atoms with E-state index < -0.39 is 0 Å². The van der Waals surface area contributed by atoms with Crippen LogP contribution in [-0.2, 0) is 0 Å². The van der Waals surface area contributed by atoms with Crippen molar-refractivity contribution >= 4 is 125 Å². The van der Waals surface area contributed by atoms with Gasteiger partial charge in [0.2, 0.25) is 0 Å². The first-order valence-electron chi connectivity index (χ1n) is 22.7. The van der Waals surface area contributed by atoms with E-state index in [9.17, 15) is 0 Å². The van der Waals surface area contributed by atoms with Crippen molar-refractivity contribution in [2.75, 3.05) is 0 Å². The average molecular weight is 862 g/mol. The maximum atomic E-state index is 7.19. The number of rotatable bonds is 4. The predicted molar refractivity (Wildman–Crippen MR) is 281 cm³/mol. The molecule has 66 heavy (non-hydrogen) atoms. The van der Waals surface area contributed by atoms with Crippen LogP contribution in [0.5, 0.6) is 0 Å². The topological polar surface area (TPSA) is 42.8 Å². The van der Waals surface area contributed by atoms with Crippen molar-refractivity contribution in [1.82, 2.24) is 4.57 Å². The molecule has 0 spiro atoms. The lowest BCUT2D eigenvalue weighted by Gasteiger charge is -2.19. The highest BCUT2D eigenvalue weighted by Gasteiger charge is 2.24. The quantitative estimate of drug-likeness (QED) is 0.174. The molecule has 4 nitrogen and oxygen atoms in total. The Hall–Kier alpha value is -8.12. The second-order valence-electron chi connectivity index (χ2n) is 17.6. The fraction of sp³-hybridized carbons (Fsp3) is 0.0492. The number of furan rings is 1. The van der Waals surface area contributed by atoms with Crippen LogP contribution in [0.2, 0.25) is 0 Å². The molecule has 1 aliphatic heterocycles. The minimum absolute atomic E-state index is 0.717. The van der Waals surface area contributed by atoms with Gasteiger partial charge >= 0.3 is 0 Å². The zero-order chi connectivity index (χ0) is 43.5. The molecule has 310 valence electrons. The number of thiophene rings is 1. The maximum absolute atomic E-state index is 7.19. The molecule has 5 heteroatoms. The molecule has 10 aromatic carbocycles. The van der Waals surface area contributed by atoms with Crippen molar-refractivity contribution in [2.24, 2.45) is 9.98 Å². The SMILES string of the molecule is C\C1=C(c2cccc3ccccc23)/N=C(c2cccc3sc4ccccc4c23)\N=C(\c2cc(-n3c4ccccc4c4cc5ccccc5cc43)c3oc4c5ccccc5ccc4c3c2)CC1. The van der Waals surface area contributed by atoms with Crippen LogP contribution in [0.4, 0.5) is 0 Å². The molecule has 13 aromatic rings. The van der Waals surface area contributed by atoms with Gasteiger partial charge in [-0.1, -0.05) is 146 Å². The minimum atomic E-state index is 0.717. The van der Waals surface area contributed by atoms with Crippen molar-refractivity contribution in [2.45, 2.75) is 19.8 Å². The van der Waals surface area contributed by atoms with Gasteiger partial charge in [0.1, 0.15) is 5.58 Å². The number of hydrogen-bond acceptors (Lipinski definition) is 4. The summed E-state index contributed by atoms with van der Waals surface area (Å²) in [6, 6.07) is 70.3. The Bertz CT molecular complexity index is 4300.